The standard InChI is InChI=1S/C33H38BrNO7S/c1-32(2)16-23-29(25(36)18-32)28(30-24(35(23)12-13-40-5)17-33(3,4)19-26(30)37)20-14-22(34)31(27(15-20)41-6)42-43(38,39)21-10-8-7-9-11-21/h7-11,14-15,28H,12-13,16-19H2,1-6H3. The number of Topliss-reactive ketones (excluding diaryl/α,β-unsaturated/α-hetero) is 2. The Morgan fingerprint density at radius 1 is 0.884 bits per heavy atom. The number of allylic oxidation sites excluding steroid dienone is 4. The predicted octanol–water partition coefficient (Wildman–Crippen LogP) is 6.56. The highest BCUT2D eigenvalue weighted by atomic mass is 79.9. The number of ketones is 2. The van der Waals surface area contributed by atoms with Gasteiger partial charge in [0.05, 0.1) is 18.2 Å². The molecule has 8 nitrogen and oxygen atoms in total. The number of ether oxygens (including phenoxy) is 2. The van der Waals surface area contributed by atoms with Crippen molar-refractivity contribution in [2.45, 2.75) is 64.2 Å². The van der Waals surface area contributed by atoms with Crippen LogP contribution in [0.1, 0.15) is 64.9 Å². The lowest BCUT2D eigenvalue weighted by Crippen LogP contribution is -2.45. The summed E-state index contributed by atoms with van der Waals surface area (Å²) in [5.41, 5.74) is 3.23. The van der Waals surface area contributed by atoms with Crippen LogP contribution in [0.5, 0.6) is 11.5 Å². The van der Waals surface area contributed by atoms with Gasteiger partial charge in [0.2, 0.25) is 0 Å². The number of carbonyl (C=O) groups excluding carboxylic acids is 2. The Kier molecular flexibility index (Phi) is 8.43. The molecule has 1 aliphatic heterocycles. The highest BCUT2D eigenvalue weighted by molar-refractivity contribution is 9.10. The Labute approximate surface area is 262 Å². The Balaban J connectivity index is 1.70. The fourth-order valence-electron chi connectivity index (χ4n) is 6.57. The maximum absolute atomic E-state index is 14.0. The van der Waals surface area contributed by atoms with Gasteiger partial charge in [-0.15, -0.1) is 0 Å². The molecule has 0 saturated carbocycles. The molecule has 0 amide bonds. The molecule has 2 aromatic carbocycles. The van der Waals surface area contributed by atoms with E-state index >= 15 is 0 Å². The summed E-state index contributed by atoms with van der Waals surface area (Å²) in [5, 5.41) is 0. The third kappa shape index (κ3) is 6.06. The third-order valence-electron chi connectivity index (χ3n) is 8.35. The van der Waals surface area contributed by atoms with Crippen LogP contribution < -0.4 is 8.92 Å². The van der Waals surface area contributed by atoms with E-state index in [4.69, 9.17) is 13.7 Å². The van der Waals surface area contributed by atoms with Crippen LogP contribution in [-0.4, -0.2) is 52.3 Å². The summed E-state index contributed by atoms with van der Waals surface area (Å²) < 4.78 is 43.2. The van der Waals surface area contributed by atoms with Crippen molar-refractivity contribution in [2.24, 2.45) is 10.8 Å². The summed E-state index contributed by atoms with van der Waals surface area (Å²) in [4.78, 5) is 30.2. The first-order valence-corrected chi connectivity index (χ1v) is 16.5. The van der Waals surface area contributed by atoms with Crippen molar-refractivity contribution in [1.29, 1.82) is 0 Å². The largest absolute Gasteiger partial charge is 0.493 e. The molecule has 0 radical (unpaired) electrons. The first-order chi connectivity index (χ1) is 20.2. The minimum absolute atomic E-state index is 0.00456. The van der Waals surface area contributed by atoms with Crippen LogP contribution in [0.2, 0.25) is 0 Å². The SMILES string of the molecule is COCCN1C2=C(C(=O)CC(C)(C)C2)C(c2cc(Br)c(OS(=O)(=O)c3ccccc3)c(OC)c2)C2=C1CC(C)(C)CC2=O. The summed E-state index contributed by atoms with van der Waals surface area (Å²) in [6.45, 7) is 9.36. The maximum Gasteiger partial charge on any atom is 0.339 e. The van der Waals surface area contributed by atoms with Gasteiger partial charge in [-0.2, -0.15) is 8.42 Å². The van der Waals surface area contributed by atoms with Crippen LogP contribution >= 0.6 is 15.9 Å². The lowest BCUT2D eigenvalue weighted by molar-refractivity contribution is -0.119. The highest BCUT2D eigenvalue weighted by Gasteiger charge is 2.49. The van der Waals surface area contributed by atoms with Gasteiger partial charge >= 0.3 is 10.1 Å². The van der Waals surface area contributed by atoms with Gasteiger partial charge in [0.25, 0.3) is 0 Å². The number of methoxy groups -OCH3 is 2. The molecule has 230 valence electrons. The molecule has 43 heavy (non-hydrogen) atoms. The Bertz CT molecular complexity index is 1590. The Hall–Kier alpha value is -2.95. The minimum atomic E-state index is -4.16. The molecule has 1 heterocycles. The van der Waals surface area contributed by atoms with Crippen LogP contribution in [0.3, 0.4) is 0 Å². The first kappa shape index (κ1) is 31.5. The number of halogens is 1. The molecule has 0 spiro atoms. The van der Waals surface area contributed by atoms with Crippen LogP contribution in [0, 0.1) is 10.8 Å². The van der Waals surface area contributed by atoms with Crippen molar-refractivity contribution in [3.8, 4) is 11.5 Å². The summed E-state index contributed by atoms with van der Waals surface area (Å²) >= 11 is 3.52. The van der Waals surface area contributed by atoms with Gasteiger partial charge in [-0.3, -0.25) is 9.59 Å². The molecule has 0 fully saturated rings. The minimum Gasteiger partial charge on any atom is -0.493 e. The zero-order chi connectivity index (χ0) is 31.3. The lowest BCUT2D eigenvalue weighted by Gasteiger charge is -2.49. The van der Waals surface area contributed by atoms with Gasteiger partial charge < -0.3 is 18.6 Å². The van der Waals surface area contributed by atoms with Gasteiger partial charge in [-0.05, 0) is 69.4 Å². The Morgan fingerprint density at radius 3 is 1.95 bits per heavy atom. The molecule has 0 saturated heterocycles. The van der Waals surface area contributed by atoms with Crippen molar-refractivity contribution in [3.05, 3.63) is 75.0 Å². The van der Waals surface area contributed by atoms with E-state index in [1.807, 2.05) is 0 Å². The highest BCUT2D eigenvalue weighted by Crippen LogP contribution is 2.55. The van der Waals surface area contributed by atoms with Crippen molar-refractivity contribution >= 4 is 37.6 Å². The molecular formula is C33H38BrNO7S. The van der Waals surface area contributed by atoms with Crippen molar-refractivity contribution < 1.29 is 31.7 Å². The normalized spacial score (nSPS) is 20.2. The number of hydrogen-bond acceptors (Lipinski definition) is 8. The fraction of sp³-hybridized carbons (Fsp3) is 0.455. The van der Waals surface area contributed by atoms with E-state index in [9.17, 15) is 18.0 Å². The number of nitrogens with zero attached hydrogens (tertiary/aromatic N) is 1. The summed E-state index contributed by atoms with van der Waals surface area (Å²) in [6, 6.07) is 11.3. The van der Waals surface area contributed by atoms with Gasteiger partial charge in [-0.25, -0.2) is 0 Å². The maximum atomic E-state index is 14.0. The predicted molar refractivity (Wildman–Crippen MR) is 166 cm³/mol. The Morgan fingerprint density at radius 2 is 1.44 bits per heavy atom. The van der Waals surface area contributed by atoms with E-state index in [1.165, 1.54) is 19.2 Å². The summed E-state index contributed by atoms with van der Waals surface area (Å²) in [5.74, 6) is -0.457. The molecular weight excluding hydrogens is 634 g/mol. The molecule has 0 bridgehead atoms. The van der Waals surface area contributed by atoms with Crippen molar-refractivity contribution in [2.75, 3.05) is 27.4 Å². The molecule has 2 aliphatic carbocycles. The van der Waals surface area contributed by atoms with Crippen molar-refractivity contribution in [3.63, 3.8) is 0 Å². The zero-order valence-electron chi connectivity index (χ0n) is 25.5. The second-order valence-electron chi connectivity index (χ2n) is 13.1. The topological polar surface area (TPSA) is 99.2 Å². The average Bonchev–Trinajstić information content (AvgIpc) is 2.91. The van der Waals surface area contributed by atoms with E-state index in [-0.39, 0.29) is 38.8 Å². The zero-order valence-corrected chi connectivity index (χ0v) is 27.9. The second-order valence-corrected chi connectivity index (χ2v) is 15.5. The van der Waals surface area contributed by atoms with Gasteiger partial charge in [0.1, 0.15) is 4.90 Å². The molecule has 0 aromatic heterocycles. The number of rotatable bonds is 8. The van der Waals surface area contributed by atoms with E-state index in [0.29, 0.717) is 60.0 Å². The molecule has 3 aliphatic rings. The lowest BCUT2D eigenvalue weighted by atomic mass is 9.63. The number of benzene rings is 2. The second kappa shape index (κ2) is 11.5. The molecule has 0 atom stereocenters. The van der Waals surface area contributed by atoms with Crippen LogP contribution in [0.15, 0.2) is 74.4 Å². The monoisotopic (exact) mass is 671 g/mol. The van der Waals surface area contributed by atoms with Crippen molar-refractivity contribution in [1.82, 2.24) is 4.90 Å². The molecule has 2 aromatic rings. The van der Waals surface area contributed by atoms with Gasteiger partial charge in [0, 0.05) is 55.0 Å². The van der Waals surface area contributed by atoms with Crippen LogP contribution in [0.25, 0.3) is 0 Å². The van der Waals surface area contributed by atoms with Gasteiger partial charge in [0.15, 0.2) is 23.1 Å². The third-order valence-corrected chi connectivity index (χ3v) is 10.2. The fourth-order valence-corrected chi connectivity index (χ4v) is 8.19. The van der Waals surface area contributed by atoms with E-state index in [2.05, 4.69) is 48.5 Å². The summed E-state index contributed by atoms with van der Waals surface area (Å²) in [6.07, 6.45) is 2.07. The van der Waals surface area contributed by atoms with E-state index in [1.54, 1.807) is 37.4 Å². The molecule has 10 heteroatoms. The summed E-state index contributed by atoms with van der Waals surface area (Å²) in [7, 11) is -1.08. The smallest absolute Gasteiger partial charge is 0.339 e. The molecule has 0 N–H and O–H groups in total. The van der Waals surface area contributed by atoms with Gasteiger partial charge in [-0.1, -0.05) is 45.9 Å². The molecule has 5 rings (SSSR count). The van der Waals surface area contributed by atoms with E-state index < -0.39 is 16.0 Å². The molecule has 0 unspecified atom stereocenters. The number of hydrogen-bond donors (Lipinski definition) is 0. The van der Waals surface area contributed by atoms with Crippen LogP contribution in [-0.2, 0) is 24.4 Å². The average molecular weight is 673 g/mol. The quantitative estimate of drug-likeness (QED) is 0.291. The number of carbonyl (C=O) groups is 2. The van der Waals surface area contributed by atoms with E-state index in [0.717, 1.165) is 11.4 Å². The van der Waals surface area contributed by atoms with Crippen LogP contribution in [0.4, 0.5) is 0 Å². The first-order valence-electron chi connectivity index (χ1n) is 14.3.